The van der Waals surface area contributed by atoms with Crippen molar-refractivity contribution in [3.63, 3.8) is 0 Å². The summed E-state index contributed by atoms with van der Waals surface area (Å²) in [6, 6.07) is 5.46. The minimum Gasteiger partial charge on any atom is -0.387 e. The monoisotopic (exact) mass is 321 g/mol. The van der Waals surface area contributed by atoms with E-state index in [1.165, 1.54) is 12.8 Å². The lowest BCUT2D eigenvalue weighted by atomic mass is 9.70. The van der Waals surface area contributed by atoms with E-state index in [4.69, 9.17) is 11.6 Å². The van der Waals surface area contributed by atoms with Crippen LogP contribution >= 0.6 is 11.6 Å². The summed E-state index contributed by atoms with van der Waals surface area (Å²) in [6.45, 7) is 5.09. The fourth-order valence-electron chi connectivity index (χ4n) is 4.15. The van der Waals surface area contributed by atoms with Gasteiger partial charge in [-0.1, -0.05) is 44.4 Å². The molecule has 1 heterocycles. The zero-order valence-electron chi connectivity index (χ0n) is 13.4. The Labute approximate surface area is 137 Å². The number of β-amino-alcohol motifs (C(OH)–C–C–N with tert-alkyl or cyclic N) is 1. The summed E-state index contributed by atoms with van der Waals surface area (Å²) in [5.74, 6) is -0.00836. The molecule has 0 radical (unpaired) electrons. The number of hydrogen-bond donors (Lipinski definition) is 1. The molecule has 0 aromatic heterocycles. The molecule has 4 heteroatoms. The van der Waals surface area contributed by atoms with Gasteiger partial charge in [0.2, 0.25) is 0 Å². The third-order valence-electron chi connectivity index (χ3n) is 5.85. The van der Waals surface area contributed by atoms with Gasteiger partial charge in [-0.2, -0.15) is 0 Å². The van der Waals surface area contributed by atoms with Crippen LogP contribution in [-0.2, 0) is 6.54 Å². The molecule has 120 valence electrons. The molecular formula is C18H24ClNO2. The van der Waals surface area contributed by atoms with Crippen molar-refractivity contribution in [2.24, 2.45) is 5.41 Å². The summed E-state index contributed by atoms with van der Waals surface area (Å²) in [7, 11) is 0. The van der Waals surface area contributed by atoms with Gasteiger partial charge in [0.15, 0.2) is 0 Å². The van der Waals surface area contributed by atoms with Gasteiger partial charge in [-0.15, -0.1) is 0 Å². The van der Waals surface area contributed by atoms with Crippen molar-refractivity contribution in [3.05, 3.63) is 34.3 Å². The lowest BCUT2D eigenvalue weighted by Gasteiger charge is -2.44. The minimum atomic E-state index is -0.826. The van der Waals surface area contributed by atoms with Gasteiger partial charge in [0.05, 0.1) is 12.1 Å². The summed E-state index contributed by atoms with van der Waals surface area (Å²) in [5.41, 5.74) is 0.653. The molecule has 1 atom stereocenters. The van der Waals surface area contributed by atoms with Crippen LogP contribution in [0.1, 0.15) is 61.9 Å². The Hall–Kier alpha value is -1.06. The maximum atomic E-state index is 12.6. The highest BCUT2D eigenvalue weighted by Gasteiger charge is 2.49. The van der Waals surface area contributed by atoms with Gasteiger partial charge in [0.25, 0.3) is 5.91 Å². The molecule has 1 N–H and O–H groups in total. The highest BCUT2D eigenvalue weighted by molar-refractivity contribution is 6.32. The van der Waals surface area contributed by atoms with Gasteiger partial charge >= 0.3 is 0 Å². The van der Waals surface area contributed by atoms with E-state index in [1.54, 1.807) is 4.90 Å². The van der Waals surface area contributed by atoms with Crippen LogP contribution < -0.4 is 0 Å². The number of aliphatic hydroxyl groups is 1. The van der Waals surface area contributed by atoms with Crippen LogP contribution in [0.3, 0.4) is 0 Å². The van der Waals surface area contributed by atoms with Crippen LogP contribution in [0.25, 0.3) is 0 Å². The molecule has 3 rings (SSSR count). The van der Waals surface area contributed by atoms with E-state index < -0.39 is 5.60 Å². The maximum Gasteiger partial charge on any atom is 0.254 e. The molecule has 0 bridgehead atoms. The Kier molecular flexibility index (Phi) is 3.98. The maximum absolute atomic E-state index is 12.6. The highest BCUT2D eigenvalue weighted by Crippen LogP contribution is 2.48. The van der Waals surface area contributed by atoms with Gasteiger partial charge in [0.1, 0.15) is 0 Å². The lowest BCUT2D eigenvalue weighted by Crippen LogP contribution is -2.53. The number of halogens is 1. The zero-order chi connectivity index (χ0) is 16.0. The first-order chi connectivity index (χ1) is 10.4. The minimum absolute atomic E-state index is 0.00836. The van der Waals surface area contributed by atoms with Crippen molar-refractivity contribution in [1.82, 2.24) is 4.90 Å². The molecule has 0 spiro atoms. The molecule has 1 aliphatic heterocycles. The van der Waals surface area contributed by atoms with E-state index in [9.17, 15) is 9.90 Å². The predicted octanol–water partition coefficient (Wildman–Crippen LogP) is 4.02. The number of hydrogen-bond acceptors (Lipinski definition) is 2. The Morgan fingerprint density at radius 3 is 2.64 bits per heavy atom. The number of rotatable bonds is 4. The molecule has 1 saturated carbocycles. The predicted molar refractivity (Wildman–Crippen MR) is 88.0 cm³/mol. The van der Waals surface area contributed by atoms with Crippen molar-refractivity contribution in [1.29, 1.82) is 0 Å². The molecule has 1 aliphatic carbocycles. The van der Waals surface area contributed by atoms with Crippen molar-refractivity contribution >= 4 is 17.5 Å². The van der Waals surface area contributed by atoms with Crippen molar-refractivity contribution in [2.75, 3.05) is 6.54 Å². The molecule has 1 fully saturated rings. The summed E-state index contributed by atoms with van der Waals surface area (Å²) in [5, 5.41) is 11.9. The molecule has 0 saturated heterocycles. The molecule has 22 heavy (non-hydrogen) atoms. The second-order valence-corrected chi connectivity index (χ2v) is 7.49. The summed E-state index contributed by atoms with van der Waals surface area (Å²) < 4.78 is 0. The van der Waals surface area contributed by atoms with E-state index in [0.717, 1.165) is 18.4 Å². The van der Waals surface area contributed by atoms with Gasteiger partial charge in [-0.3, -0.25) is 4.79 Å². The Morgan fingerprint density at radius 2 is 2.05 bits per heavy atom. The number of amides is 1. The van der Waals surface area contributed by atoms with Gasteiger partial charge in [-0.25, -0.2) is 0 Å². The fraction of sp³-hybridized carbons (Fsp3) is 0.611. The third-order valence-corrected chi connectivity index (χ3v) is 6.21. The number of carbonyl (C=O) groups is 1. The summed E-state index contributed by atoms with van der Waals surface area (Å²) >= 11 is 6.22. The SMILES string of the molecule is CC[C@@](O)(CN1Cc2c(Cl)cccc2C1=O)C1(C)CCCC1. The standard InChI is InChI=1S/C18H24ClNO2/c1-3-18(22,17(2)9-4-5-10-17)12-20-11-14-13(16(20)21)7-6-8-15(14)19/h6-8,22H,3-5,9-12H2,1-2H3/t18-/m1/s1. The van der Waals surface area contributed by atoms with E-state index in [0.29, 0.717) is 30.1 Å². The number of fused-ring (bicyclic) bond motifs is 1. The van der Waals surface area contributed by atoms with Crippen LogP contribution in [0.5, 0.6) is 0 Å². The van der Waals surface area contributed by atoms with Crippen LogP contribution in [-0.4, -0.2) is 28.1 Å². The van der Waals surface area contributed by atoms with Crippen LogP contribution in [0.2, 0.25) is 5.02 Å². The number of nitrogens with zero attached hydrogens (tertiary/aromatic N) is 1. The second-order valence-electron chi connectivity index (χ2n) is 7.08. The molecule has 3 nitrogen and oxygen atoms in total. The average Bonchev–Trinajstić information content (AvgIpc) is 3.07. The number of carbonyl (C=O) groups excluding carboxylic acids is 1. The molecule has 1 amide bonds. The Morgan fingerprint density at radius 1 is 1.36 bits per heavy atom. The summed E-state index contributed by atoms with van der Waals surface area (Å²) in [4.78, 5) is 14.4. The van der Waals surface area contributed by atoms with E-state index >= 15 is 0 Å². The van der Waals surface area contributed by atoms with Crippen molar-refractivity contribution in [3.8, 4) is 0 Å². The van der Waals surface area contributed by atoms with Crippen LogP contribution in [0.15, 0.2) is 18.2 Å². The second kappa shape index (κ2) is 5.54. The van der Waals surface area contributed by atoms with Crippen LogP contribution in [0, 0.1) is 5.41 Å². The topological polar surface area (TPSA) is 40.5 Å². The van der Waals surface area contributed by atoms with Gasteiger partial charge < -0.3 is 10.0 Å². The smallest absolute Gasteiger partial charge is 0.254 e. The Balaban J connectivity index is 1.84. The van der Waals surface area contributed by atoms with Gasteiger partial charge in [-0.05, 0) is 36.8 Å². The first-order valence-corrected chi connectivity index (χ1v) is 8.57. The highest BCUT2D eigenvalue weighted by atomic mass is 35.5. The zero-order valence-corrected chi connectivity index (χ0v) is 14.1. The van der Waals surface area contributed by atoms with E-state index in [2.05, 4.69) is 6.92 Å². The molecular weight excluding hydrogens is 298 g/mol. The van der Waals surface area contributed by atoms with Crippen molar-refractivity contribution in [2.45, 2.75) is 58.1 Å². The average molecular weight is 322 g/mol. The third kappa shape index (κ3) is 2.35. The van der Waals surface area contributed by atoms with Crippen LogP contribution in [0.4, 0.5) is 0 Å². The van der Waals surface area contributed by atoms with E-state index in [1.807, 2.05) is 25.1 Å². The van der Waals surface area contributed by atoms with Gasteiger partial charge in [0, 0.05) is 22.7 Å². The quantitative estimate of drug-likeness (QED) is 0.910. The Bertz CT molecular complexity index is 595. The molecule has 0 unspecified atom stereocenters. The first-order valence-electron chi connectivity index (χ1n) is 8.19. The fourth-order valence-corrected chi connectivity index (χ4v) is 4.38. The first kappa shape index (κ1) is 15.8. The largest absolute Gasteiger partial charge is 0.387 e. The van der Waals surface area contributed by atoms with E-state index in [-0.39, 0.29) is 11.3 Å². The molecule has 2 aliphatic rings. The molecule has 1 aromatic rings. The number of benzene rings is 1. The summed E-state index contributed by atoms with van der Waals surface area (Å²) in [6.07, 6.45) is 5.06. The molecule has 1 aromatic carbocycles. The normalized spacial score (nSPS) is 22.7. The lowest BCUT2D eigenvalue weighted by molar-refractivity contribution is -0.0915. The van der Waals surface area contributed by atoms with Crippen molar-refractivity contribution < 1.29 is 9.90 Å².